The first-order valence-corrected chi connectivity index (χ1v) is 11.0. The molecule has 1 aliphatic rings. The molecule has 0 saturated carbocycles. The molecular formula is C23H24BrClN2O4. The molecule has 0 bridgehead atoms. The van der Waals surface area contributed by atoms with E-state index < -0.39 is 17.7 Å². The van der Waals surface area contributed by atoms with Crippen LogP contribution in [-0.4, -0.2) is 60.4 Å². The average Bonchev–Trinajstić information content (AvgIpc) is 2.98. The molecule has 3 rings (SSSR count). The number of ether oxygens (including phenoxy) is 1. The van der Waals surface area contributed by atoms with Crippen molar-refractivity contribution in [2.24, 2.45) is 0 Å². The maximum Gasteiger partial charge on any atom is 0.295 e. The van der Waals surface area contributed by atoms with Crippen molar-refractivity contribution in [3.63, 3.8) is 0 Å². The van der Waals surface area contributed by atoms with Crippen LogP contribution in [0.2, 0.25) is 5.02 Å². The lowest BCUT2D eigenvalue weighted by Gasteiger charge is -2.26. The molecule has 1 fully saturated rings. The van der Waals surface area contributed by atoms with Gasteiger partial charge in [-0.1, -0.05) is 39.7 Å². The average molecular weight is 508 g/mol. The zero-order valence-electron chi connectivity index (χ0n) is 17.6. The Balaban J connectivity index is 2.12. The third-order valence-electron chi connectivity index (χ3n) is 5.02. The topological polar surface area (TPSA) is 70.1 Å². The highest BCUT2D eigenvalue weighted by molar-refractivity contribution is 9.10. The number of rotatable bonds is 7. The Kier molecular flexibility index (Phi) is 7.41. The van der Waals surface area contributed by atoms with Crippen molar-refractivity contribution >= 4 is 45.0 Å². The minimum Gasteiger partial charge on any atom is -0.507 e. The Morgan fingerprint density at radius 3 is 2.45 bits per heavy atom. The lowest BCUT2D eigenvalue weighted by Crippen LogP contribution is -2.35. The first-order valence-electron chi connectivity index (χ1n) is 9.86. The summed E-state index contributed by atoms with van der Waals surface area (Å²) in [6.07, 6.45) is 0. The van der Waals surface area contributed by atoms with Gasteiger partial charge in [-0.2, -0.15) is 0 Å². The lowest BCUT2D eigenvalue weighted by molar-refractivity contribution is -0.140. The van der Waals surface area contributed by atoms with Gasteiger partial charge in [0.2, 0.25) is 0 Å². The van der Waals surface area contributed by atoms with E-state index in [1.54, 1.807) is 12.1 Å². The molecular weight excluding hydrogens is 484 g/mol. The lowest BCUT2D eigenvalue weighted by atomic mass is 9.95. The zero-order chi connectivity index (χ0) is 22.7. The Morgan fingerprint density at radius 2 is 1.87 bits per heavy atom. The van der Waals surface area contributed by atoms with Crippen LogP contribution in [0, 0.1) is 0 Å². The van der Waals surface area contributed by atoms with Crippen LogP contribution in [0.1, 0.15) is 24.1 Å². The highest BCUT2D eigenvalue weighted by Gasteiger charge is 2.45. The number of nitrogens with zero attached hydrogens (tertiary/aromatic N) is 2. The fourth-order valence-electron chi connectivity index (χ4n) is 3.49. The fraction of sp³-hybridized carbons (Fsp3) is 0.304. The van der Waals surface area contributed by atoms with Crippen molar-refractivity contribution in [3.8, 4) is 5.75 Å². The number of aliphatic hydroxyl groups excluding tert-OH is 1. The number of ketones is 1. The van der Waals surface area contributed by atoms with Gasteiger partial charge < -0.3 is 19.6 Å². The molecule has 6 nitrogen and oxygen atoms in total. The first kappa shape index (κ1) is 23.3. The molecule has 1 amide bonds. The number of likely N-dealkylation sites (tertiary alicyclic amines) is 1. The molecule has 31 heavy (non-hydrogen) atoms. The number of carbonyl (C=O) groups excluding carboxylic acids is 2. The van der Waals surface area contributed by atoms with Crippen molar-refractivity contribution in [2.75, 3.05) is 33.8 Å². The van der Waals surface area contributed by atoms with Crippen molar-refractivity contribution < 1.29 is 19.4 Å². The molecule has 8 heteroatoms. The van der Waals surface area contributed by atoms with E-state index in [4.69, 9.17) is 16.3 Å². The Morgan fingerprint density at radius 1 is 1.19 bits per heavy atom. The minimum absolute atomic E-state index is 0.0475. The molecule has 0 unspecified atom stereocenters. The van der Waals surface area contributed by atoms with Crippen LogP contribution < -0.4 is 4.74 Å². The van der Waals surface area contributed by atoms with Gasteiger partial charge in [0.25, 0.3) is 11.7 Å². The summed E-state index contributed by atoms with van der Waals surface area (Å²) in [7, 11) is 3.79. The van der Waals surface area contributed by atoms with Crippen molar-refractivity contribution in [1.82, 2.24) is 9.80 Å². The molecule has 0 aromatic heterocycles. The van der Waals surface area contributed by atoms with E-state index in [0.717, 1.165) is 10.0 Å². The molecule has 164 valence electrons. The van der Waals surface area contributed by atoms with E-state index in [1.807, 2.05) is 50.2 Å². The third kappa shape index (κ3) is 4.95. The maximum atomic E-state index is 13.0. The SMILES string of the molecule is CCOc1ccc(/C(O)=C2\C(=O)C(=O)N(CCN(C)C)[C@H]2c2ccc(Br)cc2)cc1Cl. The highest BCUT2D eigenvalue weighted by Crippen LogP contribution is 2.40. The van der Waals surface area contributed by atoms with Crippen LogP contribution in [-0.2, 0) is 9.59 Å². The van der Waals surface area contributed by atoms with Gasteiger partial charge >= 0.3 is 0 Å². The quantitative estimate of drug-likeness (QED) is 0.340. The number of benzene rings is 2. The van der Waals surface area contributed by atoms with Crippen LogP contribution >= 0.6 is 27.5 Å². The predicted molar refractivity (Wildman–Crippen MR) is 124 cm³/mol. The number of aliphatic hydroxyl groups is 1. The second-order valence-electron chi connectivity index (χ2n) is 7.43. The number of halogens is 2. The van der Waals surface area contributed by atoms with E-state index >= 15 is 0 Å². The standard InChI is InChI=1S/C23H24BrClN2O4/c1-4-31-18-10-7-15(13-17(18)25)21(28)19-20(14-5-8-16(24)9-6-14)27(12-11-26(2)3)23(30)22(19)29/h5-10,13,20,28H,4,11-12H2,1-3H3/b21-19+/t20-/m0/s1. The smallest absolute Gasteiger partial charge is 0.295 e. The molecule has 1 atom stereocenters. The predicted octanol–water partition coefficient (Wildman–Crippen LogP) is 4.48. The van der Waals surface area contributed by atoms with Gasteiger partial charge in [0.1, 0.15) is 11.5 Å². The largest absolute Gasteiger partial charge is 0.507 e. The Hall–Kier alpha value is -2.35. The summed E-state index contributed by atoms with van der Waals surface area (Å²) in [4.78, 5) is 29.3. The van der Waals surface area contributed by atoms with Gasteiger partial charge in [-0.25, -0.2) is 0 Å². The summed E-state index contributed by atoms with van der Waals surface area (Å²) in [5.74, 6) is -1.12. The van der Waals surface area contributed by atoms with Crippen LogP contribution in [0.5, 0.6) is 5.75 Å². The van der Waals surface area contributed by atoms with Gasteiger partial charge in [-0.15, -0.1) is 0 Å². The zero-order valence-corrected chi connectivity index (χ0v) is 19.9. The first-order chi connectivity index (χ1) is 14.7. The second-order valence-corrected chi connectivity index (χ2v) is 8.75. The number of likely N-dealkylation sites (N-methyl/N-ethyl adjacent to an activating group) is 1. The van der Waals surface area contributed by atoms with Crippen LogP contribution in [0.4, 0.5) is 0 Å². The molecule has 1 aliphatic heterocycles. The highest BCUT2D eigenvalue weighted by atomic mass is 79.9. The minimum atomic E-state index is -0.714. The van der Waals surface area contributed by atoms with Crippen molar-refractivity contribution in [3.05, 3.63) is 68.7 Å². The summed E-state index contributed by atoms with van der Waals surface area (Å²) in [5.41, 5.74) is 1.13. The van der Waals surface area contributed by atoms with Crippen molar-refractivity contribution in [1.29, 1.82) is 0 Å². The fourth-order valence-corrected chi connectivity index (χ4v) is 3.99. The summed E-state index contributed by atoms with van der Waals surface area (Å²) < 4.78 is 6.31. The monoisotopic (exact) mass is 506 g/mol. The summed E-state index contributed by atoms with van der Waals surface area (Å²) in [5, 5.41) is 11.4. The number of carbonyl (C=O) groups is 2. The van der Waals surface area contributed by atoms with Gasteiger partial charge in [0.15, 0.2) is 0 Å². The van der Waals surface area contributed by atoms with E-state index in [-0.39, 0.29) is 11.3 Å². The molecule has 1 saturated heterocycles. The van der Waals surface area contributed by atoms with Gasteiger partial charge in [-0.05, 0) is 56.9 Å². The maximum absolute atomic E-state index is 13.0. The number of Topliss-reactive ketones (excluding diaryl/α,β-unsaturated/α-hetero) is 1. The van der Waals surface area contributed by atoms with E-state index in [0.29, 0.717) is 36.0 Å². The second kappa shape index (κ2) is 9.85. The molecule has 0 spiro atoms. The third-order valence-corrected chi connectivity index (χ3v) is 5.84. The summed E-state index contributed by atoms with van der Waals surface area (Å²) in [6.45, 7) is 3.22. The van der Waals surface area contributed by atoms with Crippen molar-refractivity contribution in [2.45, 2.75) is 13.0 Å². The number of hydrogen-bond donors (Lipinski definition) is 1. The molecule has 1 N–H and O–H groups in total. The van der Waals surface area contributed by atoms with E-state index in [2.05, 4.69) is 15.9 Å². The molecule has 0 radical (unpaired) electrons. The molecule has 0 aliphatic carbocycles. The normalized spacial score (nSPS) is 18.1. The Labute approximate surface area is 195 Å². The molecule has 2 aromatic rings. The summed E-state index contributed by atoms with van der Waals surface area (Å²) >= 11 is 9.69. The number of amides is 1. The van der Waals surface area contributed by atoms with Gasteiger partial charge in [0.05, 0.1) is 23.2 Å². The van der Waals surface area contributed by atoms with Gasteiger partial charge in [0, 0.05) is 23.1 Å². The molecule has 2 aromatic carbocycles. The molecule has 1 heterocycles. The Bertz CT molecular complexity index is 1020. The summed E-state index contributed by atoms with van der Waals surface area (Å²) in [6, 6.07) is 11.5. The van der Waals surface area contributed by atoms with Crippen LogP contribution in [0.15, 0.2) is 52.5 Å². The van der Waals surface area contributed by atoms with E-state index in [9.17, 15) is 14.7 Å². The van der Waals surface area contributed by atoms with Crippen LogP contribution in [0.3, 0.4) is 0 Å². The van der Waals surface area contributed by atoms with Gasteiger partial charge in [-0.3, -0.25) is 9.59 Å². The van der Waals surface area contributed by atoms with Crippen LogP contribution in [0.25, 0.3) is 5.76 Å². The number of hydrogen-bond acceptors (Lipinski definition) is 5. The van der Waals surface area contributed by atoms with E-state index in [1.165, 1.54) is 11.0 Å².